The molecule has 214 valence electrons. The number of hydrogen-bond donors (Lipinski definition) is 4. The predicted octanol–water partition coefficient (Wildman–Crippen LogP) is 3.38. The number of carbonyl (C=O) groups is 2. The van der Waals surface area contributed by atoms with E-state index in [2.05, 4.69) is 4.90 Å². The number of rotatable bonds is 10. The molecular weight excluding hydrogens is 514 g/mol. The number of ether oxygens (including phenoxy) is 2. The monoisotopic (exact) mass is 551 g/mol. The SMILES string of the molecule is COc1ccc(COCC(O)CN2CCC(C(O)(c3ccccc3)c3ccccc3)CC2)cc1.O=C(O)C(=O)O. The van der Waals surface area contributed by atoms with Crippen LogP contribution in [0.15, 0.2) is 84.9 Å². The Morgan fingerprint density at radius 1 is 0.875 bits per heavy atom. The van der Waals surface area contributed by atoms with Crippen molar-refractivity contribution < 1.29 is 39.5 Å². The fourth-order valence-electron chi connectivity index (χ4n) is 4.94. The third-order valence-electron chi connectivity index (χ3n) is 7.00. The van der Waals surface area contributed by atoms with Crippen LogP contribution in [-0.2, 0) is 26.5 Å². The Bertz CT molecular complexity index is 1130. The maximum Gasteiger partial charge on any atom is 0.414 e. The number of hydrogen-bond acceptors (Lipinski definition) is 7. The van der Waals surface area contributed by atoms with Crippen molar-refractivity contribution in [2.45, 2.75) is 31.2 Å². The maximum atomic E-state index is 12.0. The van der Waals surface area contributed by atoms with E-state index < -0.39 is 23.6 Å². The van der Waals surface area contributed by atoms with Gasteiger partial charge >= 0.3 is 11.9 Å². The highest BCUT2D eigenvalue weighted by Gasteiger charge is 2.41. The second kappa shape index (κ2) is 15.1. The minimum Gasteiger partial charge on any atom is -0.497 e. The summed E-state index contributed by atoms with van der Waals surface area (Å²) in [4.78, 5) is 20.5. The van der Waals surface area contributed by atoms with Gasteiger partial charge in [0, 0.05) is 6.54 Å². The number of nitrogens with zero attached hydrogens (tertiary/aromatic N) is 1. The van der Waals surface area contributed by atoms with Crippen molar-refractivity contribution in [2.24, 2.45) is 5.92 Å². The van der Waals surface area contributed by atoms with E-state index in [1.54, 1.807) is 7.11 Å². The normalized spacial score (nSPS) is 15.0. The molecule has 4 rings (SSSR count). The van der Waals surface area contributed by atoms with Gasteiger partial charge in [-0.2, -0.15) is 0 Å². The van der Waals surface area contributed by atoms with Gasteiger partial charge in [0.2, 0.25) is 0 Å². The van der Waals surface area contributed by atoms with Gasteiger partial charge in [-0.1, -0.05) is 72.8 Å². The van der Waals surface area contributed by atoms with Crippen LogP contribution >= 0.6 is 0 Å². The number of carboxylic acid groups (broad SMARTS) is 2. The van der Waals surface area contributed by atoms with Crippen molar-refractivity contribution in [3.63, 3.8) is 0 Å². The molecule has 0 aliphatic carbocycles. The first-order valence-corrected chi connectivity index (χ1v) is 13.1. The fraction of sp³-hybridized carbons (Fsp3) is 0.355. The van der Waals surface area contributed by atoms with Crippen molar-refractivity contribution in [2.75, 3.05) is 33.4 Å². The minimum atomic E-state index is -1.82. The summed E-state index contributed by atoms with van der Waals surface area (Å²) in [5.74, 6) is -2.72. The van der Waals surface area contributed by atoms with Gasteiger partial charge in [0.1, 0.15) is 11.4 Å². The van der Waals surface area contributed by atoms with Crippen LogP contribution in [0.2, 0.25) is 0 Å². The second-order valence-corrected chi connectivity index (χ2v) is 9.70. The number of likely N-dealkylation sites (tertiary alicyclic amines) is 1. The maximum absolute atomic E-state index is 12.0. The van der Waals surface area contributed by atoms with E-state index in [0.29, 0.717) is 19.8 Å². The van der Waals surface area contributed by atoms with Crippen LogP contribution in [0.5, 0.6) is 5.75 Å². The minimum absolute atomic E-state index is 0.108. The molecule has 1 saturated heterocycles. The van der Waals surface area contributed by atoms with Crippen LogP contribution in [0.25, 0.3) is 0 Å². The summed E-state index contributed by atoms with van der Waals surface area (Å²) in [6, 6.07) is 27.7. The highest BCUT2D eigenvalue weighted by atomic mass is 16.5. The lowest BCUT2D eigenvalue weighted by Crippen LogP contribution is -2.46. The quantitative estimate of drug-likeness (QED) is 0.280. The molecule has 9 heteroatoms. The van der Waals surface area contributed by atoms with Gasteiger partial charge in [0.25, 0.3) is 0 Å². The number of benzene rings is 3. The standard InChI is InChI=1S/C29H35NO4.C2H2O4/c1-33-28-14-12-23(13-15-28)21-34-22-27(31)20-30-18-16-26(17-19-30)29(32,24-8-4-2-5-9-24)25-10-6-3-7-11-25;3-1(4)2(5)6/h2-15,26-27,31-32H,16-22H2,1H3;(H,3,4)(H,5,6). The summed E-state index contributed by atoms with van der Waals surface area (Å²) in [5, 5.41) is 37.3. The zero-order chi connectivity index (χ0) is 29.0. The molecule has 1 unspecified atom stereocenters. The molecule has 1 heterocycles. The first-order valence-electron chi connectivity index (χ1n) is 13.1. The second-order valence-electron chi connectivity index (χ2n) is 9.70. The van der Waals surface area contributed by atoms with Crippen LogP contribution in [0, 0.1) is 5.92 Å². The molecule has 0 bridgehead atoms. The van der Waals surface area contributed by atoms with Crippen molar-refractivity contribution in [1.82, 2.24) is 4.90 Å². The van der Waals surface area contributed by atoms with Gasteiger partial charge in [-0.25, -0.2) is 9.59 Å². The van der Waals surface area contributed by atoms with Crippen LogP contribution in [-0.4, -0.2) is 76.7 Å². The van der Waals surface area contributed by atoms with Crippen molar-refractivity contribution in [3.8, 4) is 5.75 Å². The van der Waals surface area contributed by atoms with Crippen LogP contribution < -0.4 is 4.74 Å². The topological polar surface area (TPSA) is 137 Å². The zero-order valence-corrected chi connectivity index (χ0v) is 22.6. The number of aliphatic hydroxyl groups is 2. The van der Waals surface area contributed by atoms with Crippen molar-refractivity contribution >= 4 is 11.9 Å². The molecule has 3 aromatic rings. The van der Waals surface area contributed by atoms with Gasteiger partial charge in [0.15, 0.2) is 0 Å². The molecule has 0 saturated carbocycles. The van der Waals surface area contributed by atoms with Gasteiger partial charge in [0.05, 0.1) is 26.4 Å². The van der Waals surface area contributed by atoms with E-state index in [1.165, 1.54) is 0 Å². The highest BCUT2D eigenvalue weighted by molar-refractivity contribution is 6.27. The average Bonchev–Trinajstić information content (AvgIpc) is 2.98. The highest BCUT2D eigenvalue weighted by Crippen LogP contribution is 2.41. The van der Waals surface area contributed by atoms with Crippen LogP contribution in [0.1, 0.15) is 29.5 Å². The summed E-state index contributed by atoms with van der Waals surface area (Å²) in [5.41, 5.74) is 1.91. The van der Waals surface area contributed by atoms with Gasteiger partial charge in [-0.05, 0) is 60.7 Å². The van der Waals surface area contributed by atoms with Crippen LogP contribution in [0.4, 0.5) is 0 Å². The van der Waals surface area contributed by atoms with Crippen LogP contribution in [0.3, 0.4) is 0 Å². The molecule has 0 radical (unpaired) electrons. The van der Waals surface area contributed by atoms with E-state index in [9.17, 15) is 10.2 Å². The third kappa shape index (κ3) is 8.62. The Hall–Kier alpha value is -3.76. The summed E-state index contributed by atoms with van der Waals surface area (Å²) in [6.07, 6.45) is 1.18. The largest absolute Gasteiger partial charge is 0.497 e. The summed E-state index contributed by atoms with van der Waals surface area (Å²) >= 11 is 0. The zero-order valence-electron chi connectivity index (χ0n) is 22.6. The molecular formula is C31H37NO8. The number of carboxylic acids is 2. The first kappa shape index (κ1) is 30.8. The summed E-state index contributed by atoms with van der Waals surface area (Å²) in [7, 11) is 1.65. The number of β-amino-alcohol motifs (C(OH)–C–C–N with tert-alkyl or cyclic N) is 1. The molecule has 40 heavy (non-hydrogen) atoms. The molecule has 1 atom stereocenters. The van der Waals surface area contributed by atoms with E-state index in [0.717, 1.165) is 48.4 Å². The van der Waals surface area contributed by atoms with E-state index in [-0.39, 0.29) is 5.92 Å². The van der Waals surface area contributed by atoms with E-state index >= 15 is 0 Å². The summed E-state index contributed by atoms with van der Waals surface area (Å²) in [6.45, 7) is 3.00. The molecule has 4 N–H and O–H groups in total. The number of aliphatic hydroxyl groups excluding tert-OH is 1. The van der Waals surface area contributed by atoms with Gasteiger partial charge < -0.3 is 34.8 Å². The number of aliphatic carboxylic acids is 2. The Balaban J connectivity index is 0.000000663. The lowest BCUT2D eigenvalue weighted by Gasteiger charge is -2.42. The fourth-order valence-corrected chi connectivity index (χ4v) is 4.94. The lowest BCUT2D eigenvalue weighted by molar-refractivity contribution is -0.159. The van der Waals surface area contributed by atoms with E-state index in [4.69, 9.17) is 29.3 Å². The third-order valence-corrected chi connectivity index (χ3v) is 7.00. The van der Waals surface area contributed by atoms with E-state index in [1.807, 2.05) is 84.9 Å². The molecule has 9 nitrogen and oxygen atoms in total. The Morgan fingerprint density at radius 2 is 1.38 bits per heavy atom. The molecule has 3 aromatic carbocycles. The average molecular weight is 552 g/mol. The predicted molar refractivity (Wildman–Crippen MR) is 149 cm³/mol. The first-order chi connectivity index (χ1) is 19.2. The Morgan fingerprint density at radius 3 is 1.82 bits per heavy atom. The number of methoxy groups -OCH3 is 1. The lowest BCUT2D eigenvalue weighted by atomic mass is 9.72. The summed E-state index contributed by atoms with van der Waals surface area (Å²) < 4.78 is 10.9. The smallest absolute Gasteiger partial charge is 0.414 e. The molecule has 0 spiro atoms. The molecule has 0 aromatic heterocycles. The Kier molecular flexibility index (Phi) is 11.6. The van der Waals surface area contributed by atoms with Crippen molar-refractivity contribution in [1.29, 1.82) is 0 Å². The molecule has 1 aliphatic rings. The van der Waals surface area contributed by atoms with Gasteiger partial charge in [-0.3, -0.25) is 0 Å². The van der Waals surface area contributed by atoms with Gasteiger partial charge in [-0.15, -0.1) is 0 Å². The number of piperidine rings is 1. The molecule has 1 fully saturated rings. The molecule has 0 amide bonds. The van der Waals surface area contributed by atoms with Crippen molar-refractivity contribution in [3.05, 3.63) is 102 Å². The Labute approximate surface area is 234 Å². The molecule has 1 aliphatic heterocycles.